The molecule has 0 saturated carbocycles. The van der Waals surface area contributed by atoms with E-state index in [0.29, 0.717) is 18.4 Å². The molecule has 3 aromatic rings. The van der Waals surface area contributed by atoms with Crippen molar-refractivity contribution in [3.05, 3.63) is 83.3 Å². The number of allylic oxidation sites excluding steroid dienone is 3. The fourth-order valence-electron chi connectivity index (χ4n) is 4.86. The molecule has 4 nitrogen and oxygen atoms in total. The van der Waals surface area contributed by atoms with Crippen LogP contribution in [0.3, 0.4) is 0 Å². The van der Waals surface area contributed by atoms with Crippen LogP contribution in [0.4, 0.5) is 0 Å². The Morgan fingerprint density at radius 1 is 1.11 bits per heavy atom. The van der Waals surface area contributed by atoms with Gasteiger partial charge in [-0.15, -0.1) is 0 Å². The van der Waals surface area contributed by atoms with Gasteiger partial charge in [-0.05, 0) is 72.4 Å². The van der Waals surface area contributed by atoms with Gasteiger partial charge < -0.3 is 19.2 Å². The molecule has 4 rings (SSSR count). The van der Waals surface area contributed by atoms with Crippen molar-refractivity contribution in [3.63, 3.8) is 0 Å². The Kier molecular flexibility index (Phi) is 7.71. The molecule has 2 unspecified atom stereocenters. The zero-order valence-electron chi connectivity index (χ0n) is 21.9. The Balaban J connectivity index is 1.74. The molecule has 1 N–H and O–H groups in total. The lowest BCUT2D eigenvalue weighted by Crippen LogP contribution is -2.20. The van der Waals surface area contributed by atoms with Crippen LogP contribution < -0.4 is 0 Å². The highest BCUT2D eigenvalue weighted by molar-refractivity contribution is 6.06. The molecule has 0 bridgehead atoms. The summed E-state index contributed by atoms with van der Waals surface area (Å²) in [6.07, 6.45) is 11.4. The van der Waals surface area contributed by atoms with E-state index in [9.17, 15) is 5.11 Å². The van der Waals surface area contributed by atoms with E-state index in [1.165, 1.54) is 5.56 Å². The van der Waals surface area contributed by atoms with E-state index in [4.69, 9.17) is 9.15 Å². The van der Waals surface area contributed by atoms with Crippen LogP contribution >= 0.6 is 0 Å². The second-order valence-corrected chi connectivity index (χ2v) is 10.7. The van der Waals surface area contributed by atoms with E-state index >= 15 is 0 Å². The molecule has 0 saturated heterocycles. The number of hydrogen-bond acceptors (Lipinski definition) is 4. The Bertz CT molecular complexity index is 1260. The minimum Gasteiger partial charge on any atom is -0.493 e. The molecule has 2 aromatic carbocycles. The molecular weight excluding hydrogens is 434 g/mol. The van der Waals surface area contributed by atoms with E-state index in [1.807, 2.05) is 6.08 Å². The molecule has 1 aromatic heterocycles. The second kappa shape index (κ2) is 10.7. The third-order valence-electron chi connectivity index (χ3n) is 6.55. The summed E-state index contributed by atoms with van der Waals surface area (Å²) in [5.41, 5.74) is 5.26. The number of para-hydroxylation sites is 1. The summed E-state index contributed by atoms with van der Waals surface area (Å²) in [4.78, 5) is 2.22. The van der Waals surface area contributed by atoms with Gasteiger partial charge in [-0.3, -0.25) is 0 Å². The lowest BCUT2D eigenvalue weighted by Gasteiger charge is -2.28. The van der Waals surface area contributed by atoms with Crippen LogP contribution in [0.25, 0.3) is 21.9 Å². The van der Waals surface area contributed by atoms with E-state index in [2.05, 4.69) is 101 Å². The zero-order chi connectivity index (χ0) is 25.1. The van der Waals surface area contributed by atoms with Crippen molar-refractivity contribution in [3.8, 4) is 0 Å². The summed E-state index contributed by atoms with van der Waals surface area (Å²) in [7, 11) is 2.10. The fourth-order valence-corrected chi connectivity index (χ4v) is 4.86. The van der Waals surface area contributed by atoms with Gasteiger partial charge >= 0.3 is 0 Å². The fraction of sp³-hybridized carbons (Fsp3) is 0.419. The van der Waals surface area contributed by atoms with Crippen LogP contribution in [0.2, 0.25) is 0 Å². The van der Waals surface area contributed by atoms with E-state index < -0.39 is 6.10 Å². The molecule has 0 fully saturated rings. The molecule has 0 aliphatic carbocycles. The lowest BCUT2D eigenvalue weighted by molar-refractivity contribution is 0.156. The molecule has 1 aliphatic rings. The molecule has 0 radical (unpaired) electrons. The first-order valence-corrected chi connectivity index (χ1v) is 12.8. The Morgan fingerprint density at radius 3 is 2.63 bits per heavy atom. The van der Waals surface area contributed by atoms with Crippen LogP contribution in [0.15, 0.2) is 71.0 Å². The molecule has 2 heterocycles. The third kappa shape index (κ3) is 5.82. The summed E-state index contributed by atoms with van der Waals surface area (Å²) < 4.78 is 12.7. The van der Waals surface area contributed by atoms with Crippen molar-refractivity contribution in [2.24, 2.45) is 11.8 Å². The maximum Gasteiger partial charge on any atom is 0.138 e. The van der Waals surface area contributed by atoms with Gasteiger partial charge in [0.25, 0.3) is 0 Å². The summed E-state index contributed by atoms with van der Waals surface area (Å²) >= 11 is 0. The second-order valence-electron chi connectivity index (χ2n) is 10.7. The monoisotopic (exact) mass is 473 g/mol. The summed E-state index contributed by atoms with van der Waals surface area (Å²) in [6, 6.07) is 10.8. The number of aliphatic hydroxyl groups excluding tert-OH is 1. The van der Waals surface area contributed by atoms with Crippen LogP contribution in [-0.2, 0) is 11.3 Å². The summed E-state index contributed by atoms with van der Waals surface area (Å²) in [5, 5.41) is 12.8. The van der Waals surface area contributed by atoms with Gasteiger partial charge in [0.1, 0.15) is 17.8 Å². The van der Waals surface area contributed by atoms with Crippen molar-refractivity contribution < 1.29 is 14.3 Å². The Morgan fingerprint density at radius 2 is 1.91 bits per heavy atom. The molecule has 2 atom stereocenters. The van der Waals surface area contributed by atoms with Crippen molar-refractivity contribution in [2.45, 2.75) is 66.2 Å². The van der Waals surface area contributed by atoms with Gasteiger partial charge in [0.2, 0.25) is 0 Å². The largest absolute Gasteiger partial charge is 0.493 e. The van der Waals surface area contributed by atoms with Gasteiger partial charge in [0.05, 0.1) is 17.9 Å². The van der Waals surface area contributed by atoms with Gasteiger partial charge in [0, 0.05) is 24.2 Å². The van der Waals surface area contributed by atoms with Crippen molar-refractivity contribution in [2.75, 3.05) is 7.05 Å². The number of benzene rings is 2. The standard InChI is InChI=1S/C31H39NO3/c1-20(2)14-24(33)17-25(15-21(3)4)34-19-23-16-30-28(26-11-9-10-22(5)31(26)35-30)18-27(23)29-12-7-8-13-32(29)6/h7-13,16-18,20-21,24,29,33H,14-15,19H2,1-6H3/b25-17-. The van der Waals surface area contributed by atoms with E-state index in [-0.39, 0.29) is 6.04 Å². The molecule has 0 spiro atoms. The third-order valence-corrected chi connectivity index (χ3v) is 6.55. The van der Waals surface area contributed by atoms with Gasteiger partial charge in [0.15, 0.2) is 0 Å². The molecule has 35 heavy (non-hydrogen) atoms. The average Bonchev–Trinajstić information content (AvgIpc) is 3.15. The highest BCUT2D eigenvalue weighted by Crippen LogP contribution is 2.37. The van der Waals surface area contributed by atoms with Crippen LogP contribution in [-0.4, -0.2) is 23.2 Å². The number of aryl methyl sites for hydroxylation is 1. The predicted octanol–water partition coefficient (Wildman–Crippen LogP) is 7.80. The van der Waals surface area contributed by atoms with Crippen molar-refractivity contribution in [1.82, 2.24) is 4.90 Å². The Labute approximate surface area is 209 Å². The van der Waals surface area contributed by atoms with Gasteiger partial charge in [-0.25, -0.2) is 0 Å². The first-order chi connectivity index (χ1) is 16.7. The van der Waals surface area contributed by atoms with E-state index in [1.54, 1.807) is 0 Å². The number of rotatable bonds is 9. The molecular formula is C31H39NO3. The van der Waals surface area contributed by atoms with Crippen molar-refractivity contribution >= 4 is 21.9 Å². The quantitative estimate of drug-likeness (QED) is 0.322. The number of ether oxygens (including phenoxy) is 1. The topological polar surface area (TPSA) is 45.8 Å². The number of furan rings is 1. The average molecular weight is 474 g/mol. The number of nitrogens with zero attached hydrogens (tertiary/aromatic N) is 1. The van der Waals surface area contributed by atoms with Gasteiger partial charge in [-0.2, -0.15) is 0 Å². The molecule has 0 amide bonds. The molecule has 4 heteroatoms. The number of hydrogen-bond donors (Lipinski definition) is 1. The van der Waals surface area contributed by atoms with Crippen LogP contribution in [0, 0.1) is 18.8 Å². The van der Waals surface area contributed by atoms with Crippen LogP contribution in [0.5, 0.6) is 0 Å². The van der Waals surface area contributed by atoms with Crippen LogP contribution in [0.1, 0.15) is 63.3 Å². The Hall–Kier alpha value is -2.98. The van der Waals surface area contributed by atoms with Crippen molar-refractivity contribution in [1.29, 1.82) is 0 Å². The first-order valence-electron chi connectivity index (χ1n) is 12.8. The first kappa shape index (κ1) is 25.1. The zero-order valence-corrected chi connectivity index (χ0v) is 21.9. The normalized spacial score (nSPS) is 17.3. The van der Waals surface area contributed by atoms with Gasteiger partial charge in [-0.1, -0.05) is 58.0 Å². The molecule has 186 valence electrons. The smallest absolute Gasteiger partial charge is 0.138 e. The SMILES string of the molecule is Cc1cccc2c1oc1cc(CO/C(=C\C(O)CC(C)C)CC(C)C)c(C3C=CC=CN3C)cc12. The van der Waals surface area contributed by atoms with E-state index in [0.717, 1.165) is 51.7 Å². The lowest BCUT2D eigenvalue weighted by atomic mass is 9.95. The minimum atomic E-state index is -0.499. The number of aliphatic hydroxyl groups is 1. The number of likely N-dealkylation sites (N-methyl/N-ethyl adjacent to an activating group) is 1. The number of fused-ring (bicyclic) bond motifs is 3. The maximum absolute atomic E-state index is 10.5. The predicted molar refractivity (Wildman–Crippen MR) is 145 cm³/mol. The maximum atomic E-state index is 10.5. The highest BCUT2D eigenvalue weighted by Gasteiger charge is 2.21. The minimum absolute atomic E-state index is 0.113. The highest BCUT2D eigenvalue weighted by atomic mass is 16.5. The summed E-state index contributed by atoms with van der Waals surface area (Å²) in [6.45, 7) is 11.1. The molecule has 1 aliphatic heterocycles. The summed E-state index contributed by atoms with van der Waals surface area (Å²) in [5.74, 6) is 1.71.